The minimum atomic E-state index is -1.38. The quantitative estimate of drug-likeness (QED) is 0.450. The maximum Gasteiger partial charge on any atom is 0.248 e. The molecule has 3 aromatic carbocycles. The van der Waals surface area contributed by atoms with Crippen molar-refractivity contribution in [3.8, 4) is 0 Å². The zero-order valence-electron chi connectivity index (χ0n) is 16.8. The molecule has 0 bridgehead atoms. The molecular weight excluding hydrogens is 410 g/mol. The molecule has 0 radical (unpaired) electrons. The molecule has 6 nitrogen and oxygen atoms in total. The van der Waals surface area contributed by atoms with E-state index in [0.717, 1.165) is 10.5 Å². The number of rotatable bonds is 9. The molecule has 0 aliphatic rings. The third kappa shape index (κ3) is 5.52. The molecule has 3 amide bonds. The molecule has 1 unspecified atom stereocenters. The number of nitrogens with two attached hydrogens (primary N) is 2. The van der Waals surface area contributed by atoms with Gasteiger partial charge in [-0.15, -0.1) is 11.8 Å². The highest BCUT2D eigenvalue weighted by atomic mass is 32.2. The molecule has 0 saturated heterocycles. The normalized spacial score (nSPS) is 12.5. The number of thioether (sulfide) groups is 1. The lowest BCUT2D eigenvalue weighted by Gasteiger charge is -2.32. The average molecular weight is 434 g/mol. The molecule has 0 aliphatic heterocycles. The van der Waals surface area contributed by atoms with Crippen molar-refractivity contribution in [2.45, 2.75) is 16.9 Å². The lowest BCUT2D eigenvalue weighted by Crippen LogP contribution is -2.56. The van der Waals surface area contributed by atoms with E-state index in [1.54, 1.807) is 48.5 Å². The van der Waals surface area contributed by atoms with Crippen LogP contribution in [0, 0.1) is 0 Å². The van der Waals surface area contributed by atoms with Gasteiger partial charge in [0.1, 0.15) is 5.54 Å². The second kappa shape index (κ2) is 9.95. The monoisotopic (exact) mass is 433 g/mol. The Labute approximate surface area is 185 Å². The zero-order valence-corrected chi connectivity index (χ0v) is 17.6. The predicted molar refractivity (Wildman–Crippen MR) is 121 cm³/mol. The Kier molecular flexibility index (Phi) is 7.10. The summed E-state index contributed by atoms with van der Waals surface area (Å²) >= 11 is 1.29. The van der Waals surface area contributed by atoms with E-state index in [9.17, 15) is 14.4 Å². The molecule has 0 aromatic heterocycles. The topological polar surface area (TPSA) is 115 Å². The minimum absolute atomic E-state index is 0.0760. The van der Waals surface area contributed by atoms with Gasteiger partial charge in [0.05, 0.1) is 5.75 Å². The van der Waals surface area contributed by atoms with Gasteiger partial charge in [-0.2, -0.15) is 0 Å². The Morgan fingerprint density at radius 2 is 1.39 bits per heavy atom. The summed E-state index contributed by atoms with van der Waals surface area (Å²) in [5, 5.41) is 2.89. The lowest BCUT2D eigenvalue weighted by molar-refractivity contribution is -0.131. The van der Waals surface area contributed by atoms with Gasteiger partial charge >= 0.3 is 0 Å². The van der Waals surface area contributed by atoms with Crippen molar-refractivity contribution in [2.75, 3.05) is 5.75 Å². The number of carbonyl (C=O) groups is 3. The molecule has 0 aliphatic carbocycles. The molecule has 3 rings (SSSR count). The summed E-state index contributed by atoms with van der Waals surface area (Å²) in [6, 6.07) is 25.1. The van der Waals surface area contributed by atoms with E-state index in [-0.39, 0.29) is 18.1 Å². The Bertz CT molecular complexity index is 1060. The summed E-state index contributed by atoms with van der Waals surface area (Å²) < 4.78 is 0. The van der Waals surface area contributed by atoms with Gasteiger partial charge in [-0.05, 0) is 35.4 Å². The van der Waals surface area contributed by atoms with E-state index in [0.29, 0.717) is 11.1 Å². The first-order valence-electron chi connectivity index (χ1n) is 9.64. The van der Waals surface area contributed by atoms with Crippen LogP contribution in [0.1, 0.15) is 21.5 Å². The molecule has 1 atom stereocenters. The zero-order chi connectivity index (χ0) is 22.3. The van der Waals surface area contributed by atoms with E-state index in [1.165, 1.54) is 11.8 Å². The fourth-order valence-electron chi connectivity index (χ4n) is 3.27. The van der Waals surface area contributed by atoms with Gasteiger partial charge in [0, 0.05) is 16.9 Å². The van der Waals surface area contributed by atoms with Crippen LogP contribution in [0.4, 0.5) is 0 Å². The van der Waals surface area contributed by atoms with Crippen LogP contribution >= 0.6 is 11.8 Å². The largest absolute Gasteiger partial charge is 0.367 e. The van der Waals surface area contributed by atoms with Crippen molar-refractivity contribution in [2.24, 2.45) is 11.5 Å². The summed E-state index contributed by atoms with van der Waals surface area (Å²) in [6.07, 6.45) is 0.233. The number of primary amides is 2. The fraction of sp³-hybridized carbons (Fsp3) is 0.125. The smallest absolute Gasteiger partial charge is 0.248 e. The number of amides is 3. The Morgan fingerprint density at radius 1 is 0.806 bits per heavy atom. The van der Waals surface area contributed by atoms with Crippen molar-refractivity contribution in [3.05, 3.63) is 102 Å². The van der Waals surface area contributed by atoms with Crippen LogP contribution in [0.5, 0.6) is 0 Å². The van der Waals surface area contributed by atoms with Gasteiger partial charge in [0.25, 0.3) is 0 Å². The lowest BCUT2D eigenvalue weighted by atomic mass is 9.83. The molecule has 7 heteroatoms. The van der Waals surface area contributed by atoms with Crippen LogP contribution in [0.25, 0.3) is 0 Å². The maximum absolute atomic E-state index is 12.9. The van der Waals surface area contributed by atoms with Gasteiger partial charge in [0.15, 0.2) is 0 Å². The van der Waals surface area contributed by atoms with Crippen molar-refractivity contribution in [1.29, 1.82) is 0 Å². The van der Waals surface area contributed by atoms with Crippen LogP contribution in [0.3, 0.4) is 0 Å². The Hall–Kier alpha value is -3.58. The van der Waals surface area contributed by atoms with E-state index < -0.39 is 17.4 Å². The average Bonchev–Trinajstić information content (AvgIpc) is 2.78. The molecule has 0 fully saturated rings. The predicted octanol–water partition coefficient (Wildman–Crippen LogP) is 2.62. The van der Waals surface area contributed by atoms with Gasteiger partial charge in [-0.25, -0.2) is 0 Å². The summed E-state index contributed by atoms with van der Waals surface area (Å²) in [5.41, 5.74) is 11.6. The maximum atomic E-state index is 12.9. The number of carbonyl (C=O) groups excluding carboxylic acids is 3. The summed E-state index contributed by atoms with van der Waals surface area (Å²) in [5.74, 6) is -1.40. The van der Waals surface area contributed by atoms with Crippen LogP contribution in [-0.2, 0) is 21.5 Å². The summed E-state index contributed by atoms with van der Waals surface area (Å²) in [7, 11) is 0. The summed E-state index contributed by atoms with van der Waals surface area (Å²) in [4.78, 5) is 37.5. The molecule has 31 heavy (non-hydrogen) atoms. The first-order valence-corrected chi connectivity index (χ1v) is 10.6. The highest BCUT2D eigenvalue weighted by Gasteiger charge is 2.40. The third-order valence-electron chi connectivity index (χ3n) is 4.86. The van der Waals surface area contributed by atoms with Gasteiger partial charge in [-0.1, -0.05) is 60.7 Å². The van der Waals surface area contributed by atoms with E-state index in [4.69, 9.17) is 11.5 Å². The molecule has 0 spiro atoms. The molecule has 3 aromatic rings. The second-order valence-corrected chi connectivity index (χ2v) is 8.07. The van der Waals surface area contributed by atoms with E-state index >= 15 is 0 Å². The molecule has 5 N–H and O–H groups in total. The van der Waals surface area contributed by atoms with E-state index in [2.05, 4.69) is 5.32 Å². The van der Waals surface area contributed by atoms with Crippen LogP contribution in [-0.4, -0.2) is 23.5 Å². The molecule has 0 saturated carbocycles. The third-order valence-corrected chi connectivity index (χ3v) is 5.87. The van der Waals surface area contributed by atoms with Crippen molar-refractivity contribution in [1.82, 2.24) is 5.32 Å². The van der Waals surface area contributed by atoms with Gasteiger partial charge in [0.2, 0.25) is 17.7 Å². The van der Waals surface area contributed by atoms with Gasteiger partial charge in [-0.3, -0.25) is 14.4 Å². The first kappa shape index (κ1) is 22.1. The second-order valence-electron chi connectivity index (χ2n) is 7.02. The standard InChI is InChI=1S/C24H23N3O3S/c25-22(29)18-11-13-20(14-12-18)31-16-21(28)27-24(23(26)30,19-9-5-2-6-10-19)15-17-7-3-1-4-8-17/h1-14H,15-16H2,(H2,25,29)(H2,26,30)(H,27,28). The Balaban J connectivity index is 1.81. The van der Waals surface area contributed by atoms with Crippen molar-refractivity contribution in [3.63, 3.8) is 0 Å². The first-order chi connectivity index (χ1) is 14.9. The van der Waals surface area contributed by atoms with Crippen LogP contribution in [0.2, 0.25) is 0 Å². The molecule has 158 valence electrons. The number of benzene rings is 3. The SMILES string of the molecule is NC(=O)c1ccc(SCC(=O)NC(Cc2ccccc2)(C(N)=O)c2ccccc2)cc1. The van der Waals surface area contributed by atoms with Crippen molar-refractivity contribution < 1.29 is 14.4 Å². The Morgan fingerprint density at radius 3 is 1.94 bits per heavy atom. The molecule has 0 heterocycles. The number of nitrogens with one attached hydrogen (secondary N) is 1. The minimum Gasteiger partial charge on any atom is -0.367 e. The van der Waals surface area contributed by atoms with Crippen LogP contribution < -0.4 is 16.8 Å². The van der Waals surface area contributed by atoms with E-state index in [1.807, 2.05) is 36.4 Å². The summed E-state index contributed by atoms with van der Waals surface area (Å²) in [6.45, 7) is 0. The fourth-order valence-corrected chi connectivity index (χ4v) is 3.97. The number of hydrogen-bond donors (Lipinski definition) is 3. The highest BCUT2D eigenvalue weighted by molar-refractivity contribution is 8.00. The highest BCUT2D eigenvalue weighted by Crippen LogP contribution is 2.27. The van der Waals surface area contributed by atoms with Crippen LogP contribution in [0.15, 0.2) is 89.8 Å². The van der Waals surface area contributed by atoms with Gasteiger partial charge < -0.3 is 16.8 Å². The number of hydrogen-bond acceptors (Lipinski definition) is 4. The molecular formula is C24H23N3O3S. The van der Waals surface area contributed by atoms with Crippen molar-refractivity contribution >= 4 is 29.5 Å².